The lowest BCUT2D eigenvalue weighted by Crippen LogP contribution is -2.22. The summed E-state index contributed by atoms with van der Waals surface area (Å²) in [5, 5.41) is 8.00. The number of rotatable bonds is 0. The van der Waals surface area contributed by atoms with Crippen molar-refractivity contribution in [2.45, 2.75) is 52.4 Å². The third-order valence-electron chi connectivity index (χ3n) is 5.40. The van der Waals surface area contributed by atoms with Gasteiger partial charge in [0.1, 0.15) is 0 Å². The Balaban J connectivity index is 2.14. The van der Waals surface area contributed by atoms with E-state index in [9.17, 15) is 0 Å². The molecule has 0 nitrogen and oxygen atoms in total. The van der Waals surface area contributed by atoms with Crippen LogP contribution in [0.3, 0.4) is 0 Å². The zero-order chi connectivity index (χ0) is 18.7. The third kappa shape index (κ3) is 2.78. The van der Waals surface area contributed by atoms with Crippen LogP contribution in [0.15, 0.2) is 60.7 Å². The Kier molecular flexibility index (Phi) is 3.67. The minimum Gasteiger partial charge on any atom is -0.0616 e. The standard InChI is InChI=1S/C26H28/c1-25(2,3)23-12-11-19-15-20-13-17-9-7-8-10-18(17)14-21(20)16-22(19)24(23)26(4,5)6/h7-16H,1-6H3. The molecular formula is C26H28. The first-order valence-electron chi connectivity index (χ1n) is 9.55. The van der Waals surface area contributed by atoms with Gasteiger partial charge in [-0.3, -0.25) is 0 Å². The molecule has 4 aromatic carbocycles. The van der Waals surface area contributed by atoms with Crippen molar-refractivity contribution in [2.24, 2.45) is 0 Å². The molecule has 0 heterocycles. The Bertz CT molecular complexity index is 1130. The zero-order valence-electron chi connectivity index (χ0n) is 16.8. The number of fused-ring (bicyclic) bond motifs is 3. The highest BCUT2D eigenvalue weighted by Crippen LogP contribution is 2.40. The second-order valence-electron chi connectivity index (χ2n) is 9.61. The van der Waals surface area contributed by atoms with Crippen molar-refractivity contribution in [1.82, 2.24) is 0 Å². The Morgan fingerprint density at radius 1 is 0.500 bits per heavy atom. The van der Waals surface area contributed by atoms with Gasteiger partial charge in [-0.15, -0.1) is 0 Å². The van der Waals surface area contributed by atoms with Crippen LogP contribution in [0, 0.1) is 0 Å². The Labute approximate surface area is 156 Å². The van der Waals surface area contributed by atoms with E-state index >= 15 is 0 Å². The van der Waals surface area contributed by atoms with Gasteiger partial charge in [0.2, 0.25) is 0 Å². The first-order valence-corrected chi connectivity index (χ1v) is 9.55. The highest BCUT2D eigenvalue weighted by molar-refractivity contribution is 6.05. The van der Waals surface area contributed by atoms with Gasteiger partial charge in [0.15, 0.2) is 0 Å². The topological polar surface area (TPSA) is 0 Å². The molecule has 0 aliphatic carbocycles. The second-order valence-corrected chi connectivity index (χ2v) is 9.61. The predicted octanol–water partition coefficient (Wildman–Crippen LogP) is 7.74. The fourth-order valence-corrected chi connectivity index (χ4v) is 4.20. The fraction of sp³-hybridized carbons (Fsp3) is 0.308. The maximum Gasteiger partial charge on any atom is -0.0123 e. The maximum atomic E-state index is 2.41. The van der Waals surface area contributed by atoms with E-state index in [0.717, 1.165) is 0 Å². The average Bonchev–Trinajstić information content (AvgIpc) is 2.55. The molecule has 4 rings (SSSR count). The van der Waals surface area contributed by atoms with E-state index in [1.165, 1.54) is 43.4 Å². The third-order valence-corrected chi connectivity index (χ3v) is 5.40. The van der Waals surface area contributed by atoms with Crippen molar-refractivity contribution in [3.63, 3.8) is 0 Å². The summed E-state index contributed by atoms with van der Waals surface area (Å²) in [6, 6.07) is 22.7. The lowest BCUT2D eigenvalue weighted by atomic mass is 9.73. The molecule has 132 valence electrons. The number of hydrogen-bond acceptors (Lipinski definition) is 0. The number of benzene rings is 4. The molecule has 0 unspecified atom stereocenters. The quantitative estimate of drug-likeness (QED) is 0.287. The van der Waals surface area contributed by atoms with Gasteiger partial charge in [-0.05, 0) is 78.5 Å². The largest absolute Gasteiger partial charge is 0.0616 e. The van der Waals surface area contributed by atoms with Crippen LogP contribution in [0.4, 0.5) is 0 Å². The predicted molar refractivity (Wildman–Crippen MR) is 116 cm³/mol. The SMILES string of the molecule is CC(C)(C)c1ccc2cc3cc4ccccc4cc3cc2c1C(C)(C)C. The van der Waals surface area contributed by atoms with E-state index in [1.54, 1.807) is 0 Å². The summed E-state index contributed by atoms with van der Waals surface area (Å²) in [6.45, 7) is 14.0. The highest BCUT2D eigenvalue weighted by atomic mass is 14.3. The average molecular weight is 341 g/mol. The summed E-state index contributed by atoms with van der Waals surface area (Å²) in [5.74, 6) is 0. The van der Waals surface area contributed by atoms with E-state index in [1.807, 2.05) is 0 Å². The molecule has 0 aromatic heterocycles. The molecule has 26 heavy (non-hydrogen) atoms. The summed E-state index contributed by atoms with van der Waals surface area (Å²) >= 11 is 0. The smallest absolute Gasteiger partial charge is 0.0123 e. The van der Waals surface area contributed by atoms with Crippen molar-refractivity contribution >= 4 is 32.3 Å². The minimum atomic E-state index is 0.104. The van der Waals surface area contributed by atoms with Crippen molar-refractivity contribution in [2.75, 3.05) is 0 Å². The van der Waals surface area contributed by atoms with E-state index < -0.39 is 0 Å². The molecule has 0 amide bonds. The molecule has 0 bridgehead atoms. The van der Waals surface area contributed by atoms with E-state index in [-0.39, 0.29) is 10.8 Å². The molecule has 0 saturated heterocycles. The van der Waals surface area contributed by atoms with Gasteiger partial charge in [-0.25, -0.2) is 0 Å². The molecule has 4 aromatic rings. The van der Waals surface area contributed by atoms with Crippen LogP contribution >= 0.6 is 0 Å². The summed E-state index contributed by atoms with van der Waals surface area (Å²) in [6.07, 6.45) is 0. The van der Waals surface area contributed by atoms with E-state index in [2.05, 4.69) is 102 Å². The molecular weight excluding hydrogens is 312 g/mol. The maximum absolute atomic E-state index is 2.41. The first-order chi connectivity index (χ1) is 12.1. The number of hydrogen-bond donors (Lipinski definition) is 0. The normalized spacial score (nSPS) is 13.0. The molecule has 0 aliphatic heterocycles. The molecule has 0 aliphatic rings. The second kappa shape index (κ2) is 5.58. The lowest BCUT2D eigenvalue weighted by Gasteiger charge is -2.31. The van der Waals surface area contributed by atoms with Crippen molar-refractivity contribution < 1.29 is 0 Å². The van der Waals surface area contributed by atoms with Crippen LogP contribution in [-0.4, -0.2) is 0 Å². The summed E-state index contributed by atoms with van der Waals surface area (Å²) in [7, 11) is 0. The van der Waals surface area contributed by atoms with Gasteiger partial charge in [-0.1, -0.05) is 77.9 Å². The van der Waals surface area contributed by atoms with Crippen LogP contribution in [0.25, 0.3) is 32.3 Å². The highest BCUT2D eigenvalue weighted by Gasteiger charge is 2.27. The molecule has 0 fully saturated rings. The van der Waals surface area contributed by atoms with Crippen LogP contribution in [0.2, 0.25) is 0 Å². The zero-order valence-corrected chi connectivity index (χ0v) is 16.8. The van der Waals surface area contributed by atoms with E-state index in [4.69, 9.17) is 0 Å². The minimum absolute atomic E-state index is 0.104. The van der Waals surface area contributed by atoms with Crippen LogP contribution in [-0.2, 0) is 10.8 Å². The summed E-state index contributed by atoms with van der Waals surface area (Å²) < 4.78 is 0. The summed E-state index contributed by atoms with van der Waals surface area (Å²) in [4.78, 5) is 0. The molecule has 0 atom stereocenters. The van der Waals surface area contributed by atoms with Gasteiger partial charge in [0.25, 0.3) is 0 Å². The monoisotopic (exact) mass is 340 g/mol. The molecule has 0 saturated carbocycles. The van der Waals surface area contributed by atoms with Gasteiger partial charge >= 0.3 is 0 Å². The molecule has 0 spiro atoms. The van der Waals surface area contributed by atoms with Crippen molar-refractivity contribution in [3.8, 4) is 0 Å². The first kappa shape index (κ1) is 17.1. The molecule has 0 radical (unpaired) electrons. The fourth-order valence-electron chi connectivity index (χ4n) is 4.20. The van der Waals surface area contributed by atoms with Crippen molar-refractivity contribution in [3.05, 3.63) is 71.8 Å². The Hall–Kier alpha value is -2.34. The Morgan fingerprint density at radius 2 is 1.04 bits per heavy atom. The van der Waals surface area contributed by atoms with Gasteiger partial charge in [0, 0.05) is 0 Å². The lowest BCUT2D eigenvalue weighted by molar-refractivity contribution is 0.535. The van der Waals surface area contributed by atoms with E-state index in [0.29, 0.717) is 0 Å². The van der Waals surface area contributed by atoms with Crippen LogP contribution < -0.4 is 0 Å². The van der Waals surface area contributed by atoms with Crippen LogP contribution in [0.1, 0.15) is 52.7 Å². The molecule has 0 N–H and O–H groups in total. The van der Waals surface area contributed by atoms with Crippen LogP contribution in [0.5, 0.6) is 0 Å². The van der Waals surface area contributed by atoms with Gasteiger partial charge in [0.05, 0.1) is 0 Å². The molecule has 0 heteroatoms. The van der Waals surface area contributed by atoms with Gasteiger partial charge < -0.3 is 0 Å². The van der Waals surface area contributed by atoms with Gasteiger partial charge in [-0.2, -0.15) is 0 Å². The Morgan fingerprint density at radius 3 is 1.58 bits per heavy atom. The summed E-state index contributed by atoms with van der Waals surface area (Å²) in [5.41, 5.74) is 3.18. The van der Waals surface area contributed by atoms with Crippen molar-refractivity contribution in [1.29, 1.82) is 0 Å².